The molecular formula is C13H15NO2S. The molecule has 0 aliphatic carbocycles. The summed E-state index contributed by atoms with van der Waals surface area (Å²) in [5.74, 6) is 0.481. The van der Waals surface area contributed by atoms with Gasteiger partial charge < -0.3 is 4.74 Å². The van der Waals surface area contributed by atoms with Gasteiger partial charge in [-0.2, -0.15) is 5.26 Å². The third-order valence-corrected chi connectivity index (χ3v) is 4.79. The van der Waals surface area contributed by atoms with Gasteiger partial charge in [-0.05, 0) is 24.5 Å². The number of ether oxygens (including phenoxy) is 1. The zero-order valence-corrected chi connectivity index (χ0v) is 10.4. The Bertz CT molecular complexity index is 447. The summed E-state index contributed by atoms with van der Waals surface area (Å²) in [5.41, 5.74) is 1.52. The average molecular weight is 249 g/mol. The van der Waals surface area contributed by atoms with Gasteiger partial charge in [0.25, 0.3) is 0 Å². The lowest BCUT2D eigenvalue weighted by molar-refractivity contribution is 0.0992. The first kappa shape index (κ1) is 12.3. The summed E-state index contributed by atoms with van der Waals surface area (Å²) in [4.78, 5) is 0. The van der Waals surface area contributed by atoms with E-state index in [9.17, 15) is 4.21 Å². The van der Waals surface area contributed by atoms with Gasteiger partial charge in [0.05, 0.1) is 17.4 Å². The molecule has 1 saturated heterocycles. The van der Waals surface area contributed by atoms with E-state index in [1.165, 1.54) is 0 Å². The Labute approximate surface area is 104 Å². The van der Waals surface area contributed by atoms with Crippen LogP contribution in [0.15, 0.2) is 24.3 Å². The van der Waals surface area contributed by atoms with Crippen molar-refractivity contribution in [2.45, 2.75) is 23.8 Å². The fourth-order valence-electron chi connectivity index (χ4n) is 1.97. The maximum Gasteiger partial charge on any atom is 0.0994 e. The number of rotatable bonds is 3. The number of benzene rings is 1. The summed E-state index contributed by atoms with van der Waals surface area (Å²) in [6.45, 7) is 1.41. The number of nitrogens with zero attached hydrogens (tertiary/aromatic N) is 1. The van der Waals surface area contributed by atoms with Gasteiger partial charge in [-0.25, -0.2) is 0 Å². The van der Waals surface area contributed by atoms with Crippen LogP contribution in [-0.4, -0.2) is 22.7 Å². The lowest BCUT2D eigenvalue weighted by atomic mass is 10.1. The lowest BCUT2D eigenvalue weighted by Gasteiger charge is -2.21. The zero-order valence-electron chi connectivity index (χ0n) is 9.59. The van der Waals surface area contributed by atoms with Crippen molar-refractivity contribution >= 4 is 10.8 Å². The highest BCUT2D eigenvalue weighted by molar-refractivity contribution is 7.84. The third kappa shape index (κ3) is 3.15. The van der Waals surface area contributed by atoms with Crippen molar-refractivity contribution in [1.82, 2.24) is 0 Å². The van der Waals surface area contributed by atoms with Crippen molar-refractivity contribution in [3.8, 4) is 6.07 Å². The van der Waals surface area contributed by atoms with Gasteiger partial charge in [0, 0.05) is 29.3 Å². The van der Waals surface area contributed by atoms with Crippen LogP contribution < -0.4 is 0 Å². The van der Waals surface area contributed by atoms with Crippen molar-refractivity contribution in [2.24, 2.45) is 0 Å². The number of hydrogen-bond donors (Lipinski definition) is 0. The molecule has 2 rings (SSSR count). The predicted octanol–water partition coefficient (Wildman–Crippen LogP) is 1.99. The van der Waals surface area contributed by atoms with Crippen molar-refractivity contribution in [2.75, 3.05) is 13.2 Å². The highest BCUT2D eigenvalue weighted by Crippen LogP contribution is 2.18. The fraction of sp³-hybridized carbons (Fsp3) is 0.462. The summed E-state index contributed by atoms with van der Waals surface area (Å²) in [6.07, 6.45) is 1.72. The molecule has 90 valence electrons. The Morgan fingerprint density at radius 2 is 2.06 bits per heavy atom. The lowest BCUT2D eigenvalue weighted by Crippen LogP contribution is -2.25. The van der Waals surface area contributed by atoms with Gasteiger partial charge in [-0.15, -0.1) is 0 Å². The third-order valence-electron chi connectivity index (χ3n) is 2.98. The Morgan fingerprint density at radius 3 is 2.76 bits per heavy atom. The van der Waals surface area contributed by atoms with Gasteiger partial charge in [-0.3, -0.25) is 4.21 Å². The maximum absolute atomic E-state index is 12.2. The van der Waals surface area contributed by atoms with Gasteiger partial charge in [-0.1, -0.05) is 18.2 Å². The Morgan fingerprint density at radius 1 is 1.35 bits per heavy atom. The van der Waals surface area contributed by atoms with Crippen molar-refractivity contribution in [3.63, 3.8) is 0 Å². The molecule has 0 N–H and O–H groups in total. The molecule has 1 aliphatic heterocycles. The SMILES string of the molecule is N#Cc1ccccc1CS(=O)C1CCOCC1. The minimum Gasteiger partial charge on any atom is -0.381 e. The van der Waals surface area contributed by atoms with Crippen LogP contribution in [0.5, 0.6) is 0 Å². The van der Waals surface area contributed by atoms with Crippen LogP contribution in [0.2, 0.25) is 0 Å². The molecular weight excluding hydrogens is 234 g/mol. The Balaban J connectivity index is 2.05. The van der Waals surface area contributed by atoms with E-state index in [2.05, 4.69) is 6.07 Å². The van der Waals surface area contributed by atoms with Crippen LogP contribution in [0.4, 0.5) is 0 Å². The van der Waals surface area contributed by atoms with E-state index >= 15 is 0 Å². The molecule has 3 nitrogen and oxygen atoms in total. The average Bonchev–Trinajstić information content (AvgIpc) is 2.40. The van der Waals surface area contributed by atoms with Crippen molar-refractivity contribution < 1.29 is 8.95 Å². The van der Waals surface area contributed by atoms with Crippen LogP contribution in [0.1, 0.15) is 24.0 Å². The summed E-state index contributed by atoms with van der Waals surface area (Å²) in [7, 11) is -0.900. The van der Waals surface area contributed by atoms with Crippen LogP contribution in [-0.2, 0) is 21.3 Å². The van der Waals surface area contributed by atoms with Gasteiger partial charge in [0.2, 0.25) is 0 Å². The molecule has 0 aromatic heterocycles. The molecule has 0 radical (unpaired) electrons. The van der Waals surface area contributed by atoms with Gasteiger partial charge in [0.15, 0.2) is 0 Å². The molecule has 1 atom stereocenters. The number of nitriles is 1. The van der Waals surface area contributed by atoms with E-state index in [-0.39, 0.29) is 5.25 Å². The first-order chi connectivity index (χ1) is 8.31. The van der Waals surface area contributed by atoms with Crippen LogP contribution in [0, 0.1) is 11.3 Å². The minimum absolute atomic E-state index is 0.218. The monoisotopic (exact) mass is 249 g/mol. The molecule has 17 heavy (non-hydrogen) atoms. The summed E-state index contributed by atoms with van der Waals surface area (Å²) < 4.78 is 17.4. The topological polar surface area (TPSA) is 50.1 Å². The van der Waals surface area contributed by atoms with E-state index in [0.717, 1.165) is 18.4 Å². The second kappa shape index (κ2) is 5.95. The van der Waals surface area contributed by atoms with Crippen molar-refractivity contribution in [1.29, 1.82) is 5.26 Å². The van der Waals surface area contributed by atoms with E-state index < -0.39 is 10.8 Å². The summed E-state index contributed by atoms with van der Waals surface area (Å²) >= 11 is 0. The maximum atomic E-state index is 12.2. The van der Waals surface area contributed by atoms with E-state index in [4.69, 9.17) is 10.00 Å². The predicted molar refractivity (Wildman–Crippen MR) is 66.8 cm³/mol. The zero-order chi connectivity index (χ0) is 12.1. The molecule has 1 unspecified atom stereocenters. The smallest absolute Gasteiger partial charge is 0.0994 e. The fourth-order valence-corrected chi connectivity index (χ4v) is 3.48. The minimum atomic E-state index is -0.900. The Hall–Kier alpha value is -1.18. The van der Waals surface area contributed by atoms with E-state index in [1.807, 2.05) is 18.2 Å². The summed E-state index contributed by atoms with van der Waals surface area (Å²) in [6, 6.07) is 9.52. The standard InChI is InChI=1S/C13H15NO2S/c14-9-11-3-1-2-4-12(11)10-17(15)13-5-7-16-8-6-13/h1-4,13H,5-8,10H2. The van der Waals surface area contributed by atoms with Crippen LogP contribution in [0.25, 0.3) is 0 Å². The molecule has 1 fully saturated rings. The molecule has 0 amide bonds. The first-order valence-electron chi connectivity index (χ1n) is 5.74. The highest BCUT2D eigenvalue weighted by atomic mass is 32.2. The van der Waals surface area contributed by atoms with Crippen LogP contribution in [0.3, 0.4) is 0 Å². The molecule has 1 heterocycles. The quantitative estimate of drug-likeness (QED) is 0.823. The van der Waals surface area contributed by atoms with Crippen molar-refractivity contribution in [3.05, 3.63) is 35.4 Å². The second-order valence-corrected chi connectivity index (χ2v) is 5.82. The molecule has 4 heteroatoms. The Kier molecular flexibility index (Phi) is 4.29. The van der Waals surface area contributed by atoms with Crippen LogP contribution >= 0.6 is 0 Å². The molecule has 1 aliphatic rings. The first-order valence-corrected chi connectivity index (χ1v) is 7.12. The second-order valence-electron chi connectivity index (χ2n) is 4.11. The summed E-state index contributed by atoms with van der Waals surface area (Å²) in [5, 5.41) is 9.19. The molecule has 0 spiro atoms. The van der Waals surface area contributed by atoms with E-state index in [1.54, 1.807) is 6.07 Å². The normalized spacial score (nSPS) is 18.5. The largest absolute Gasteiger partial charge is 0.381 e. The molecule has 0 saturated carbocycles. The van der Waals surface area contributed by atoms with Gasteiger partial charge in [0.1, 0.15) is 0 Å². The highest BCUT2D eigenvalue weighted by Gasteiger charge is 2.20. The molecule has 1 aromatic rings. The number of hydrogen-bond acceptors (Lipinski definition) is 3. The van der Waals surface area contributed by atoms with Gasteiger partial charge >= 0.3 is 0 Å². The molecule has 1 aromatic carbocycles. The molecule has 0 bridgehead atoms. The van der Waals surface area contributed by atoms with E-state index in [0.29, 0.717) is 24.5 Å².